The minimum absolute atomic E-state index is 0.156. The van der Waals surface area contributed by atoms with E-state index in [4.69, 9.17) is 25.8 Å². The lowest BCUT2D eigenvalue weighted by Crippen LogP contribution is -1.99. The number of methoxy groups -OCH3 is 2. The fourth-order valence-corrected chi connectivity index (χ4v) is 2.32. The second kappa shape index (κ2) is 8.40. The molecule has 0 spiro atoms. The van der Waals surface area contributed by atoms with Crippen molar-refractivity contribution in [3.63, 3.8) is 0 Å². The highest BCUT2D eigenvalue weighted by Gasteiger charge is 2.07. The highest BCUT2D eigenvalue weighted by molar-refractivity contribution is 6.30. The zero-order valence-corrected chi connectivity index (χ0v) is 15.2. The topological polar surface area (TPSA) is 65.5 Å². The van der Waals surface area contributed by atoms with E-state index in [1.807, 2.05) is 48.5 Å². The molecule has 26 heavy (non-hydrogen) atoms. The van der Waals surface area contributed by atoms with E-state index in [1.54, 1.807) is 6.07 Å². The van der Waals surface area contributed by atoms with Gasteiger partial charge >= 0.3 is 6.01 Å². The summed E-state index contributed by atoms with van der Waals surface area (Å²) in [6, 6.07) is 17.0. The van der Waals surface area contributed by atoms with E-state index in [0.717, 1.165) is 16.3 Å². The first-order chi connectivity index (χ1) is 12.7. The first-order valence-corrected chi connectivity index (χ1v) is 8.27. The molecular weight excluding hydrogens is 354 g/mol. The summed E-state index contributed by atoms with van der Waals surface area (Å²) in [6.45, 7) is 0.702. The molecule has 0 bridgehead atoms. The molecule has 0 saturated heterocycles. The molecule has 0 aliphatic rings. The maximum absolute atomic E-state index is 5.89. The van der Waals surface area contributed by atoms with Gasteiger partial charge in [-0.1, -0.05) is 23.7 Å². The average Bonchev–Trinajstić information content (AvgIpc) is 2.68. The average molecular weight is 372 g/mol. The molecular formula is C19H18ClN3O3. The van der Waals surface area contributed by atoms with Crippen LogP contribution in [-0.2, 0) is 6.54 Å². The predicted octanol–water partition coefficient (Wildman–Crippen LogP) is 4.55. The van der Waals surface area contributed by atoms with E-state index in [9.17, 15) is 0 Å². The number of aromatic nitrogens is 2. The van der Waals surface area contributed by atoms with E-state index < -0.39 is 0 Å². The van der Waals surface area contributed by atoms with Crippen LogP contribution in [0.2, 0.25) is 5.02 Å². The Morgan fingerprint density at radius 3 is 2.08 bits per heavy atom. The van der Waals surface area contributed by atoms with Crippen LogP contribution in [0.25, 0.3) is 0 Å². The second-order valence-corrected chi connectivity index (χ2v) is 5.78. The smallest absolute Gasteiger partial charge is 0.328 e. The molecule has 0 radical (unpaired) electrons. The summed E-state index contributed by atoms with van der Waals surface area (Å²) in [5.41, 5.74) is 2.11. The largest absolute Gasteiger partial charge is 0.481 e. The molecule has 0 amide bonds. The van der Waals surface area contributed by atoms with Crippen molar-refractivity contribution in [3.8, 4) is 23.5 Å². The highest BCUT2D eigenvalue weighted by Crippen LogP contribution is 2.25. The number of hydrogen-bond acceptors (Lipinski definition) is 6. The summed E-state index contributed by atoms with van der Waals surface area (Å²) < 4.78 is 15.9. The summed E-state index contributed by atoms with van der Waals surface area (Å²) in [6.07, 6.45) is 0. The zero-order valence-electron chi connectivity index (χ0n) is 14.4. The molecule has 0 fully saturated rings. The van der Waals surface area contributed by atoms with Gasteiger partial charge < -0.3 is 19.5 Å². The van der Waals surface area contributed by atoms with Crippen molar-refractivity contribution in [1.29, 1.82) is 0 Å². The van der Waals surface area contributed by atoms with Crippen LogP contribution in [0.5, 0.6) is 23.5 Å². The van der Waals surface area contributed by atoms with Crippen molar-refractivity contribution in [1.82, 2.24) is 9.97 Å². The Labute approximate surface area is 156 Å². The van der Waals surface area contributed by atoms with Crippen LogP contribution in [0.1, 0.15) is 5.56 Å². The minimum atomic E-state index is 0.156. The van der Waals surface area contributed by atoms with Crippen molar-refractivity contribution in [2.24, 2.45) is 0 Å². The predicted molar refractivity (Wildman–Crippen MR) is 100 cm³/mol. The molecule has 2 aromatic carbocycles. The Bertz CT molecular complexity index is 833. The molecule has 3 rings (SSSR count). The molecule has 1 N–H and O–H groups in total. The molecule has 1 heterocycles. The van der Waals surface area contributed by atoms with Crippen LogP contribution in [0.15, 0.2) is 54.6 Å². The first kappa shape index (κ1) is 17.8. The Balaban J connectivity index is 1.63. The molecule has 0 aliphatic carbocycles. The van der Waals surface area contributed by atoms with Crippen molar-refractivity contribution in [2.75, 3.05) is 19.5 Å². The third kappa shape index (κ3) is 4.77. The summed E-state index contributed by atoms with van der Waals surface area (Å²) in [5, 5.41) is 4.07. The fourth-order valence-electron chi connectivity index (χ4n) is 2.19. The van der Waals surface area contributed by atoms with Gasteiger partial charge in [0.05, 0.1) is 20.3 Å². The van der Waals surface area contributed by atoms with Gasteiger partial charge in [-0.25, -0.2) is 0 Å². The minimum Gasteiger partial charge on any atom is -0.481 e. The SMILES string of the molecule is COc1cc(OC)nc(Oc2ccc(NCc3ccc(Cl)cc3)cc2)n1. The molecule has 134 valence electrons. The van der Waals surface area contributed by atoms with Crippen molar-refractivity contribution >= 4 is 17.3 Å². The number of nitrogens with one attached hydrogen (secondary N) is 1. The summed E-state index contributed by atoms with van der Waals surface area (Å²) in [4.78, 5) is 8.28. The lowest BCUT2D eigenvalue weighted by molar-refractivity contribution is 0.348. The molecule has 0 atom stereocenters. The Morgan fingerprint density at radius 1 is 0.885 bits per heavy atom. The number of anilines is 1. The van der Waals surface area contributed by atoms with Crippen LogP contribution in [-0.4, -0.2) is 24.2 Å². The fraction of sp³-hybridized carbons (Fsp3) is 0.158. The summed E-state index contributed by atoms with van der Waals surface area (Å²) in [5.74, 6) is 1.35. The van der Waals surface area contributed by atoms with Crippen LogP contribution >= 0.6 is 11.6 Å². The molecule has 1 aromatic heterocycles. The van der Waals surface area contributed by atoms with Crippen LogP contribution in [0.3, 0.4) is 0 Å². The number of rotatable bonds is 7. The highest BCUT2D eigenvalue weighted by atomic mass is 35.5. The van der Waals surface area contributed by atoms with Gasteiger partial charge in [0.25, 0.3) is 0 Å². The Morgan fingerprint density at radius 2 is 1.50 bits per heavy atom. The third-order valence-electron chi connectivity index (χ3n) is 3.55. The third-order valence-corrected chi connectivity index (χ3v) is 3.80. The quantitative estimate of drug-likeness (QED) is 0.657. The van der Waals surface area contributed by atoms with Gasteiger partial charge in [-0.15, -0.1) is 0 Å². The van der Waals surface area contributed by atoms with E-state index in [1.165, 1.54) is 14.2 Å². The number of benzene rings is 2. The van der Waals surface area contributed by atoms with Crippen LogP contribution in [0.4, 0.5) is 5.69 Å². The first-order valence-electron chi connectivity index (χ1n) is 7.89. The van der Waals surface area contributed by atoms with E-state index in [-0.39, 0.29) is 6.01 Å². The van der Waals surface area contributed by atoms with Gasteiger partial charge in [0.15, 0.2) is 0 Å². The van der Waals surface area contributed by atoms with E-state index in [0.29, 0.717) is 24.1 Å². The molecule has 3 aromatic rings. The second-order valence-electron chi connectivity index (χ2n) is 5.34. The van der Waals surface area contributed by atoms with E-state index in [2.05, 4.69) is 15.3 Å². The molecule has 0 saturated carbocycles. The number of hydrogen-bond donors (Lipinski definition) is 1. The van der Waals surface area contributed by atoms with E-state index >= 15 is 0 Å². The maximum atomic E-state index is 5.89. The van der Waals surface area contributed by atoms with Crippen molar-refractivity contribution < 1.29 is 14.2 Å². The lowest BCUT2D eigenvalue weighted by Gasteiger charge is -2.09. The van der Waals surface area contributed by atoms with Crippen LogP contribution < -0.4 is 19.5 Å². The van der Waals surface area contributed by atoms with Gasteiger partial charge in [-0.3, -0.25) is 0 Å². The van der Waals surface area contributed by atoms with Crippen molar-refractivity contribution in [3.05, 3.63) is 65.2 Å². The number of halogens is 1. The van der Waals surface area contributed by atoms with Crippen molar-refractivity contribution in [2.45, 2.75) is 6.54 Å². The molecule has 7 heteroatoms. The monoisotopic (exact) mass is 371 g/mol. The summed E-state index contributed by atoms with van der Waals surface area (Å²) in [7, 11) is 3.04. The Kier molecular flexibility index (Phi) is 5.76. The number of nitrogens with zero attached hydrogens (tertiary/aromatic N) is 2. The maximum Gasteiger partial charge on any atom is 0.328 e. The Hall–Kier alpha value is -2.99. The molecule has 0 aliphatic heterocycles. The van der Waals surface area contributed by atoms with Gasteiger partial charge in [0, 0.05) is 17.3 Å². The zero-order chi connectivity index (χ0) is 18.4. The van der Waals surface area contributed by atoms with Gasteiger partial charge in [-0.05, 0) is 42.0 Å². The molecule has 0 unspecified atom stereocenters. The van der Waals surface area contributed by atoms with Gasteiger partial charge in [0.2, 0.25) is 11.8 Å². The number of ether oxygens (including phenoxy) is 3. The van der Waals surface area contributed by atoms with Gasteiger partial charge in [0.1, 0.15) is 5.75 Å². The molecule has 6 nitrogen and oxygen atoms in total. The van der Waals surface area contributed by atoms with Gasteiger partial charge in [-0.2, -0.15) is 9.97 Å². The lowest BCUT2D eigenvalue weighted by atomic mass is 10.2. The normalized spacial score (nSPS) is 10.3. The summed E-state index contributed by atoms with van der Waals surface area (Å²) >= 11 is 5.89. The van der Waals surface area contributed by atoms with Crippen LogP contribution in [0, 0.1) is 0 Å². The standard InChI is InChI=1S/C19H18ClN3O3/c1-24-17-11-18(25-2)23-19(22-17)26-16-9-7-15(8-10-16)21-12-13-3-5-14(20)6-4-13/h3-11,21H,12H2,1-2H3.